The van der Waals surface area contributed by atoms with Crippen LogP contribution in [0.25, 0.3) is 0 Å². The van der Waals surface area contributed by atoms with Gasteiger partial charge in [0.2, 0.25) is 5.89 Å². The van der Waals surface area contributed by atoms with Crippen molar-refractivity contribution in [3.63, 3.8) is 0 Å². The maximum Gasteiger partial charge on any atom is 0.246 e. The first-order chi connectivity index (χ1) is 13.5. The van der Waals surface area contributed by atoms with Crippen LogP contribution < -0.4 is 10.6 Å². The number of ether oxygens (including phenoxy) is 2. The van der Waals surface area contributed by atoms with Crippen LogP contribution in [-0.4, -0.2) is 73.5 Å². The summed E-state index contributed by atoms with van der Waals surface area (Å²) < 4.78 is 16.3. The molecule has 2 rings (SSSR count). The molecule has 0 saturated carbocycles. The first-order valence-electron chi connectivity index (χ1n) is 10.2. The second-order valence-electron chi connectivity index (χ2n) is 7.38. The fraction of sp³-hybridized carbons (Fsp3) is 0.842. The zero-order valence-electron chi connectivity index (χ0n) is 18.3. The van der Waals surface area contributed by atoms with Crippen molar-refractivity contribution < 1.29 is 14.0 Å². The van der Waals surface area contributed by atoms with E-state index in [0.717, 1.165) is 45.2 Å². The summed E-state index contributed by atoms with van der Waals surface area (Å²) in [6.07, 6.45) is 0.956. The summed E-state index contributed by atoms with van der Waals surface area (Å²) in [4.78, 5) is 11.2. The number of morpholine rings is 1. The van der Waals surface area contributed by atoms with E-state index in [1.807, 2.05) is 13.8 Å². The minimum atomic E-state index is -0.176. The van der Waals surface area contributed by atoms with Crippen LogP contribution in [0.15, 0.2) is 9.52 Å². The van der Waals surface area contributed by atoms with E-state index in [9.17, 15) is 0 Å². The van der Waals surface area contributed by atoms with Gasteiger partial charge in [0.25, 0.3) is 0 Å². The third-order valence-corrected chi connectivity index (χ3v) is 4.71. The molecule has 1 aliphatic heterocycles. The Labute approximate surface area is 191 Å². The largest absolute Gasteiger partial charge is 0.379 e. The SMILES string of the molecule is CCOC(C)c1noc(CNC(=NC)NCC(CC(C)C)N2CCOCC2)n1.I. The zero-order chi connectivity index (χ0) is 20.4. The average molecular weight is 524 g/mol. The third kappa shape index (κ3) is 9.14. The quantitative estimate of drug-likeness (QED) is 0.273. The van der Waals surface area contributed by atoms with Gasteiger partial charge >= 0.3 is 0 Å². The summed E-state index contributed by atoms with van der Waals surface area (Å²) >= 11 is 0. The fourth-order valence-electron chi connectivity index (χ4n) is 3.27. The van der Waals surface area contributed by atoms with Gasteiger partial charge in [-0.25, -0.2) is 0 Å². The van der Waals surface area contributed by atoms with E-state index in [4.69, 9.17) is 14.0 Å². The van der Waals surface area contributed by atoms with Crippen molar-refractivity contribution in [1.29, 1.82) is 0 Å². The highest BCUT2D eigenvalue weighted by Gasteiger charge is 2.22. The number of aromatic nitrogens is 2. The van der Waals surface area contributed by atoms with Crippen LogP contribution in [0.4, 0.5) is 0 Å². The van der Waals surface area contributed by atoms with Crippen molar-refractivity contribution in [2.75, 3.05) is 46.5 Å². The minimum Gasteiger partial charge on any atom is -0.379 e. The topological polar surface area (TPSA) is 97.0 Å². The summed E-state index contributed by atoms with van der Waals surface area (Å²) in [5.41, 5.74) is 0. The highest BCUT2D eigenvalue weighted by Crippen LogP contribution is 2.14. The maximum absolute atomic E-state index is 5.49. The van der Waals surface area contributed by atoms with Gasteiger partial charge in [-0.05, 0) is 26.2 Å². The predicted octanol–water partition coefficient (Wildman–Crippen LogP) is 2.20. The monoisotopic (exact) mass is 524 g/mol. The number of hydrogen-bond donors (Lipinski definition) is 2. The molecule has 0 aromatic carbocycles. The lowest BCUT2D eigenvalue weighted by molar-refractivity contribution is 0.0132. The molecule has 168 valence electrons. The van der Waals surface area contributed by atoms with Gasteiger partial charge < -0.3 is 24.6 Å². The second-order valence-corrected chi connectivity index (χ2v) is 7.38. The molecule has 1 aliphatic rings. The molecule has 0 amide bonds. The van der Waals surface area contributed by atoms with Gasteiger partial charge in [0.1, 0.15) is 6.10 Å². The number of nitrogens with zero attached hydrogens (tertiary/aromatic N) is 4. The minimum absolute atomic E-state index is 0. The first-order valence-corrected chi connectivity index (χ1v) is 10.2. The van der Waals surface area contributed by atoms with E-state index in [1.54, 1.807) is 7.05 Å². The number of guanidine groups is 1. The Balaban J connectivity index is 0.00000420. The van der Waals surface area contributed by atoms with E-state index in [2.05, 4.69) is 44.5 Å². The van der Waals surface area contributed by atoms with Gasteiger partial charge in [0, 0.05) is 39.3 Å². The molecular formula is C19H37IN6O3. The van der Waals surface area contributed by atoms with Crippen LogP contribution in [0.5, 0.6) is 0 Å². The zero-order valence-corrected chi connectivity index (χ0v) is 20.6. The van der Waals surface area contributed by atoms with E-state index < -0.39 is 0 Å². The average Bonchev–Trinajstić information content (AvgIpc) is 3.17. The lowest BCUT2D eigenvalue weighted by Gasteiger charge is -2.35. The van der Waals surface area contributed by atoms with Gasteiger partial charge in [0.05, 0.1) is 19.8 Å². The molecule has 0 radical (unpaired) electrons. The van der Waals surface area contributed by atoms with Crippen molar-refractivity contribution >= 4 is 29.9 Å². The molecule has 0 spiro atoms. The number of hydrogen-bond acceptors (Lipinski definition) is 7. The molecular weight excluding hydrogens is 487 g/mol. The van der Waals surface area contributed by atoms with E-state index in [-0.39, 0.29) is 30.1 Å². The van der Waals surface area contributed by atoms with Gasteiger partial charge in [-0.2, -0.15) is 4.98 Å². The molecule has 10 heteroatoms. The predicted molar refractivity (Wildman–Crippen MR) is 124 cm³/mol. The van der Waals surface area contributed by atoms with E-state index in [1.165, 1.54) is 0 Å². The summed E-state index contributed by atoms with van der Waals surface area (Å²) in [5.74, 6) is 2.43. The highest BCUT2D eigenvalue weighted by molar-refractivity contribution is 14.0. The fourth-order valence-corrected chi connectivity index (χ4v) is 3.27. The number of halogens is 1. The summed E-state index contributed by atoms with van der Waals surface area (Å²) in [7, 11) is 1.76. The number of nitrogens with one attached hydrogen (secondary N) is 2. The molecule has 9 nitrogen and oxygen atoms in total. The summed E-state index contributed by atoms with van der Waals surface area (Å²) in [5, 5.41) is 10.7. The molecule has 0 aliphatic carbocycles. The molecule has 2 atom stereocenters. The molecule has 0 bridgehead atoms. The van der Waals surface area contributed by atoms with Crippen molar-refractivity contribution in [3.05, 3.63) is 11.7 Å². The van der Waals surface area contributed by atoms with Crippen LogP contribution in [-0.2, 0) is 16.0 Å². The van der Waals surface area contributed by atoms with Crippen LogP contribution in [0.1, 0.15) is 51.9 Å². The van der Waals surface area contributed by atoms with Gasteiger partial charge in [-0.3, -0.25) is 9.89 Å². The Hall–Kier alpha value is -0.980. The first kappa shape index (κ1) is 26.1. The Morgan fingerprint density at radius 1 is 1.24 bits per heavy atom. The standard InChI is InChI=1S/C19H36N6O3.HI/c1-6-27-15(4)18-23-17(28-24-18)13-22-19(20-5)21-12-16(11-14(2)3)25-7-9-26-10-8-25;/h14-16H,6-13H2,1-5H3,(H2,20,21,22);1H. The molecule has 2 heterocycles. The lowest BCUT2D eigenvalue weighted by atomic mass is 10.0. The molecule has 1 fully saturated rings. The molecule has 2 unspecified atom stereocenters. The lowest BCUT2D eigenvalue weighted by Crippen LogP contribution is -2.51. The van der Waals surface area contributed by atoms with E-state index >= 15 is 0 Å². The Bertz CT molecular complexity index is 592. The van der Waals surface area contributed by atoms with E-state index in [0.29, 0.717) is 36.8 Å². The van der Waals surface area contributed by atoms with Crippen molar-refractivity contribution in [2.45, 2.75) is 52.8 Å². The van der Waals surface area contributed by atoms with Crippen molar-refractivity contribution in [2.24, 2.45) is 10.9 Å². The van der Waals surface area contributed by atoms with Crippen molar-refractivity contribution in [3.8, 4) is 0 Å². The second kappa shape index (κ2) is 14.1. The van der Waals surface area contributed by atoms with Gasteiger partial charge in [-0.1, -0.05) is 19.0 Å². The molecule has 1 saturated heterocycles. The van der Waals surface area contributed by atoms with Crippen molar-refractivity contribution in [1.82, 2.24) is 25.7 Å². The molecule has 1 aromatic heterocycles. The third-order valence-electron chi connectivity index (χ3n) is 4.71. The number of aliphatic imine (C=N–C) groups is 1. The maximum atomic E-state index is 5.49. The number of rotatable bonds is 10. The summed E-state index contributed by atoms with van der Waals surface area (Å²) in [6, 6.07) is 0.449. The van der Waals surface area contributed by atoms with Crippen LogP contribution in [0, 0.1) is 5.92 Å². The normalized spacial score (nSPS) is 17.7. The summed E-state index contributed by atoms with van der Waals surface area (Å²) in [6.45, 7) is 13.8. The molecule has 29 heavy (non-hydrogen) atoms. The molecule has 1 aromatic rings. The highest BCUT2D eigenvalue weighted by atomic mass is 127. The van der Waals surface area contributed by atoms with Crippen LogP contribution in [0.3, 0.4) is 0 Å². The van der Waals surface area contributed by atoms with Crippen LogP contribution in [0.2, 0.25) is 0 Å². The smallest absolute Gasteiger partial charge is 0.246 e. The Kier molecular flexibility index (Phi) is 12.7. The van der Waals surface area contributed by atoms with Gasteiger partial charge in [0.15, 0.2) is 11.8 Å². The molecule has 2 N–H and O–H groups in total. The Morgan fingerprint density at radius 3 is 2.59 bits per heavy atom. The van der Waals surface area contributed by atoms with Crippen LogP contribution >= 0.6 is 24.0 Å². The van der Waals surface area contributed by atoms with Gasteiger partial charge in [-0.15, -0.1) is 24.0 Å². The Morgan fingerprint density at radius 2 is 1.97 bits per heavy atom.